The smallest absolute Gasteiger partial charge is 0.339 e. The number of methoxy groups -OCH3 is 1. The van der Waals surface area contributed by atoms with Crippen LogP contribution in [0.4, 0.5) is 0 Å². The molecule has 1 aromatic carbocycles. The summed E-state index contributed by atoms with van der Waals surface area (Å²) >= 11 is 0. The standard InChI is InChI=1S/C13H14N2O3/c1-8-4-12(18-3)11(13(16)17)5-10(8)9-6-14-15(2)7-9/h4-7H,1-3H3,(H,16,17). The average Bonchev–Trinajstić information content (AvgIpc) is 2.74. The monoisotopic (exact) mass is 246 g/mol. The van der Waals surface area contributed by atoms with Gasteiger partial charge in [0.1, 0.15) is 11.3 Å². The van der Waals surface area contributed by atoms with Crippen LogP contribution < -0.4 is 4.74 Å². The lowest BCUT2D eigenvalue weighted by molar-refractivity contribution is 0.0693. The fourth-order valence-corrected chi connectivity index (χ4v) is 1.89. The number of aromatic nitrogens is 2. The molecular weight excluding hydrogens is 232 g/mol. The number of carbonyl (C=O) groups is 1. The molecule has 0 aliphatic heterocycles. The van der Waals surface area contributed by atoms with E-state index in [0.29, 0.717) is 5.75 Å². The molecular formula is C13H14N2O3. The van der Waals surface area contributed by atoms with E-state index in [0.717, 1.165) is 16.7 Å². The van der Waals surface area contributed by atoms with Crippen LogP contribution in [0.25, 0.3) is 11.1 Å². The first-order valence-electron chi connectivity index (χ1n) is 5.44. The van der Waals surface area contributed by atoms with Crippen molar-refractivity contribution in [3.8, 4) is 16.9 Å². The van der Waals surface area contributed by atoms with Gasteiger partial charge in [0.25, 0.3) is 0 Å². The largest absolute Gasteiger partial charge is 0.496 e. The zero-order chi connectivity index (χ0) is 13.3. The van der Waals surface area contributed by atoms with Gasteiger partial charge in [-0.1, -0.05) is 0 Å². The number of aryl methyl sites for hydroxylation is 2. The van der Waals surface area contributed by atoms with Crippen molar-refractivity contribution >= 4 is 5.97 Å². The third-order valence-electron chi connectivity index (χ3n) is 2.79. The number of hydrogen-bond acceptors (Lipinski definition) is 3. The highest BCUT2D eigenvalue weighted by Gasteiger charge is 2.15. The highest BCUT2D eigenvalue weighted by Crippen LogP contribution is 2.30. The summed E-state index contributed by atoms with van der Waals surface area (Å²) in [5.74, 6) is -0.635. The van der Waals surface area contributed by atoms with Gasteiger partial charge < -0.3 is 9.84 Å². The number of nitrogens with zero attached hydrogens (tertiary/aromatic N) is 2. The fraction of sp³-hybridized carbons (Fsp3) is 0.231. The Balaban J connectivity index is 2.62. The maximum atomic E-state index is 11.2. The van der Waals surface area contributed by atoms with Crippen LogP contribution in [-0.4, -0.2) is 28.0 Å². The van der Waals surface area contributed by atoms with Crippen LogP contribution in [0, 0.1) is 6.92 Å². The molecule has 0 unspecified atom stereocenters. The van der Waals surface area contributed by atoms with Gasteiger partial charge in [0.05, 0.1) is 13.3 Å². The number of hydrogen-bond donors (Lipinski definition) is 1. The van der Waals surface area contributed by atoms with Gasteiger partial charge in [-0.2, -0.15) is 5.10 Å². The lowest BCUT2D eigenvalue weighted by Gasteiger charge is -2.10. The summed E-state index contributed by atoms with van der Waals surface area (Å²) < 4.78 is 6.76. The maximum absolute atomic E-state index is 11.2. The van der Waals surface area contributed by atoms with Crippen LogP contribution in [0.2, 0.25) is 0 Å². The van der Waals surface area contributed by atoms with Crippen LogP contribution in [0.5, 0.6) is 5.75 Å². The van der Waals surface area contributed by atoms with E-state index in [-0.39, 0.29) is 5.56 Å². The summed E-state index contributed by atoms with van der Waals surface area (Å²) in [5.41, 5.74) is 2.84. The number of aromatic carboxylic acids is 1. The molecule has 0 fully saturated rings. The molecule has 18 heavy (non-hydrogen) atoms. The topological polar surface area (TPSA) is 64.4 Å². The van der Waals surface area contributed by atoms with E-state index in [4.69, 9.17) is 9.84 Å². The second-order valence-electron chi connectivity index (χ2n) is 4.08. The van der Waals surface area contributed by atoms with E-state index in [1.165, 1.54) is 7.11 Å². The second kappa shape index (κ2) is 4.52. The van der Waals surface area contributed by atoms with Crippen molar-refractivity contribution < 1.29 is 14.6 Å². The quantitative estimate of drug-likeness (QED) is 0.900. The minimum atomic E-state index is -1.00. The van der Waals surface area contributed by atoms with Crippen LogP contribution in [0.15, 0.2) is 24.5 Å². The SMILES string of the molecule is COc1cc(C)c(-c2cnn(C)c2)cc1C(=O)O. The van der Waals surface area contributed by atoms with Crippen molar-refractivity contribution in [1.82, 2.24) is 9.78 Å². The first kappa shape index (κ1) is 12.2. The molecule has 0 aliphatic carbocycles. The lowest BCUT2D eigenvalue weighted by atomic mass is 9.99. The first-order valence-corrected chi connectivity index (χ1v) is 5.44. The molecule has 0 atom stereocenters. The van der Waals surface area contributed by atoms with Gasteiger partial charge in [-0.3, -0.25) is 4.68 Å². The van der Waals surface area contributed by atoms with E-state index < -0.39 is 5.97 Å². The molecule has 0 aliphatic rings. The predicted octanol–water partition coefficient (Wildman–Crippen LogP) is 2.10. The Bertz CT molecular complexity index is 602. The molecule has 1 aromatic heterocycles. The fourth-order valence-electron chi connectivity index (χ4n) is 1.89. The molecule has 2 rings (SSSR count). The molecule has 5 heteroatoms. The Morgan fingerprint density at radius 3 is 2.67 bits per heavy atom. The van der Waals surface area contributed by atoms with Gasteiger partial charge in [-0.05, 0) is 30.2 Å². The van der Waals surface area contributed by atoms with Gasteiger partial charge in [-0.25, -0.2) is 4.79 Å². The summed E-state index contributed by atoms with van der Waals surface area (Å²) in [6.07, 6.45) is 3.56. The molecule has 94 valence electrons. The zero-order valence-electron chi connectivity index (χ0n) is 10.5. The minimum Gasteiger partial charge on any atom is -0.496 e. The van der Waals surface area contributed by atoms with Crippen molar-refractivity contribution in [3.05, 3.63) is 35.7 Å². The summed E-state index contributed by atoms with van der Waals surface area (Å²) in [7, 11) is 3.28. The number of rotatable bonds is 3. The number of carboxylic acid groups (broad SMARTS) is 1. The zero-order valence-corrected chi connectivity index (χ0v) is 10.5. The van der Waals surface area contributed by atoms with Crippen molar-refractivity contribution in [1.29, 1.82) is 0 Å². The highest BCUT2D eigenvalue weighted by molar-refractivity contribution is 5.93. The predicted molar refractivity (Wildman–Crippen MR) is 66.9 cm³/mol. The van der Waals surface area contributed by atoms with Crippen molar-refractivity contribution in [2.24, 2.45) is 7.05 Å². The van der Waals surface area contributed by atoms with Gasteiger partial charge >= 0.3 is 5.97 Å². The second-order valence-corrected chi connectivity index (χ2v) is 4.08. The molecule has 0 saturated heterocycles. The third-order valence-corrected chi connectivity index (χ3v) is 2.79. The minimum absolute atomic E-state index is 0.155. The van der Waals surface area contributed by atoms with E-state index >= 15 is 0 Å². The van der Waals surface area contributed by atoms with Crippen molar-refractivity contribution in [3.63, 3.8) is 0 Å². The molecule has 2 aromatic rings. The summed E-state index contributed by atoms with van der Waals surface area (Å²) in [6, 6.07) is 3.35. The molecule has 0 radical (unpaired) electrons. The maximum Gasteiger partial charge on any atom is 0.339 e. The van der Waals surface area contributed by atoms with Gasteiger partial charge in [-0.15, -0.1) is 0 Å². The van der Waals surface area contributed by atoms with Crippen molar-refractivity contribution in [2.45, 2.75) is 6.92 Å². The first-order chi connectivity index (χ1) is 8.52. The molecule has 0 bridgehead atoms. The number of ether oxygens (including phenoxy) is 1. The van der Waals surface area contributed by atoms with Crippen molar-refractivity contribution in [2.75, 3.05) is 7.11 Å². The van der Waals surface area contributed by atoms with Gasteiger partial charge in [0.2, 0.25) is 0 Å². The normalized spacial score (nSPS) is 10.4. The van der Waals surface area contributed by atoms with Crippen LogP contribution in [0.1, 0.15) is 15.9 Å². The van der Waals surface area contributed by atoms with E-state index in [2.05, 4.69) is 5.10 Å². The Labute approximate surface area is 105 Å². The van der Waals surface area contributed by atoms with E-state index in [1.807, 2.05) is 20.2 Å². The summed E-state index contributed by atoms with van der Waals surface area (Å²) in [6.45, 7) is 1.91. The average molecular weight is 246 g/mol. The molecule has 0 saturated carbocycles. The van der Waals surface area contributed by atoms with E-state index in [9.17, 15) is 4.79 Å². The molecule has 0 amide bonds. The van der Waals surface area contributed by atoms with Gasteiger partial charge in [0.15, 0.2) is 0 Å². The molecule has 0 spiro atoms. The summed E-state index contributed by atoms with van der Waals surface area (Å²) in [5, 5.41) is 13.3. The van der Waals surface area contributed by atoms with Crippen LogP contribution in [-0.2, 0) is 7.05 Å². The third kappa shape index (κ3) is 2.07. The molecule has 1 heterocycles. The number of benzene rings is 1. The Kier molecular flexibility index (Phi) is 3.06. The molecule has 5 nitrogen and oxygen atoms in total. The summed E-state index contributed by atoms with van der Waals surface area (Å²) in [4.78, 5) is 11.2. The highest BCUT2D eigenvalue weighted by atomic mass is 16.5. The van der Waals surface area contributed by atoms with Crippen LogP contribution >= 0.6 is 0 Å². The Morgan fingerprint density at radius 2 is 2.17 bits per heavy atom. The molecule has 1 N–H and O–H groups in total. The Hall–Kier alpha value is -2.30. The lowest BCUT2D eigenvalue weighted by Crippen LogP contribution is -2.02. The van der Waals surface area contributed by atoms with Gasteiger partial charge in [0, 0.05) is 18.8 Å². The van der Waals surface area contributed by atoms with E-state index in [1.54, 1.807) is 23.0 Å². The number of carboxylic acids is 1. The Morgan fingerprint density at radius 1 is 1.44 bits per heavy atom. The van der Waals surface area contributed by atoms with Crippen LogP contribution in [0.3, 0.4) is 0 Å².